The molecule has 1 fully saturated rings. The van der Waals surface area contributed by atoms with Gasteiger partial charge in [-0.05, 0) is 32.6 Å². The number of nitrogens with zero attached hydrogens (tertiary/aromatic N) is 1. The van der Waals surface area contributed by atoms with Crippen LogP contribution in [0.25, 0.3) is 0 Å². The molecule has 0 aromatic rings. The lowest BCUT2D eigenvalue weighted by molar-refractivity contribution is 0.0522. The number of nitrogens with one attached hydrogen (secondary N) is 1. The van der Waals surface area contributed by atoms with Crippen molar-refractivity contribution in [3.05, 3.63) is 0 Å². The first kappa shape index (κ1) is 9.97. The zero-order valence-electron chi connectivity index (χ0n) is 9.01. The number of rotatable bonds is 1. The van der Waals surface area contributed by atoms with E-state index in [4.69, 9.17) is 4.74 Å². The first-order valence-electron chi connectivity index (χ1n) is 5.68. The van der Waals surface area contributed by atoms with Crippen molar-refractivity contribution in [2.75, 3.05) is 19.8 Å². The van der Waals surface area contributed by atoms with Gasteiger partial charge in [0.15, 0.2) is 0 Å². The third-order valence-electron chi connectivity index (χ3n) is 3.17. The Bertz CT molecular complexity index is 219. The van der Waals surface area contributed by atoms with Gasteiger partial charge in [-0.3, -0.25) is 4.99 Å². The molecule has 0 bridgehead atoms. The monoisotopic (exact) mass is 196 g/mol. The van der Waals surface area contributed by atoms with E-state index < -0.39 is 0 Å². The average molecular weight is 196 g/mol. The highest BCUT2D eigenvalue weighted by Gasteiger charge is 2.28. The van der Waals surface area contributed by atoms with Crippen molar-refractivity contribution in [1.29, 1.82) is 0 Å². The summed E-state index contributed by atoms with van der Waals surface area (Å²) in [6, 6.07) is 0. The molecule has 2 heterocycles. The largest absolute Gasteiger partial charge is 0.381 e. The van der Waals surface area contributed by atoms with E-state index in [1.165, 1.54) is 18.7 Å². The Morgan fingerprint density at radius 1 is 1.29 bits per heavy atom. The van der Waals surface area contributed by atoms with Crippen LogP contribution in [-0.2, 0) is 4.74 Å². The van der Waals surface area contributed by atoms with Crippen molar-refractivity contribution >= 4 is 5.84 Å². The number of amidine groups is 1. The van der Waals surface area contributed by atoms with Gasteiger partial charge in [-0.25, -0.2) is 0 Å². The molecular weight excluding hydrogens is 176 g/mol. The van der Waals surface area contributed by atoms with Gasteiger partial charge in [0.05, 0.1) is 5.84 Å². The molecule has 2 rings (SSSR count). The molecule has 80 valence electrons. The van der Waals surface area contributed by atoms with Gasteiger partial charge in [-0.1, -0.05) is 0 Å². The van der Waals surface area contributed by atoms with E-state index in [1.54, 1.807) is 0 Å². The fourth-order valence-electron chi connectivity index (χ4n) is 2.09. The van der Waals surface area contributed by atoms with E-state index in [2.05, 4.69) is 17.2 Å². The highest BCUT2D eigenvalue weighted by Crippen LogP contribution is 2.20. The maximum absolute atomic E-state index is 5.37. The second kappa shape index (κ2) is 4.30. The molecule has 0 saturated carbocycles. The zero-order valence-corrected chi connectivity index (χ0v) is 9.01. The fourth-order valence-corrected chi connectivity index (χ4v) is 2.09. The van der Waals surface area contributed by atoms with Crippen LogP contribution in [0.5, 0.6) is 0 Å². The normalized spacial score (nSPS) is 26.8. The molecular formula is C11H20N2O. The Labute approximate surface area is 85.9 Å². The van der Waals surface area contributed by atoms with Gasteiger partial charge in [0.2, 0.25) is 0 Å². The number of ether oxygens (including phenoxy) is 1. The molecule has 3 heteroatoms. The molecule has 0 aliphatic carbocycles. The van der Waals surface area contributed by atoms with E-state index in [9.17, 15) is 0 Å². The highest BCUT2D eigenvalue weighted by molar-refractivity contribution is 5.83. The minimum Gasteiger partial charge on any atom is -0.381 e. The minimum absolute atomic E-state index is 0.231. The van der Waals surface area contributed by atoms with Crippen LogP contribution >= 0.6 is 0 Å². The first-order chi connectivity index (χ1) is 6.79. The summed E-state index contributed by atoms with van der Waals surface area (Å²) in [4.78, 5) is 4.53. The summed E-state index contributed by atoms with van der Waals surface area (Å²) in [6.07, 6.45) is 5.89. The Kier molecular flexibility index (Phi) is 3.06. The molecule has 1 saturated heterocycles. The summed E-state index contributed by atoms with van der Waals surface area (Å²) in [7, 11) is 0. The molecule has 0 atom stereocenters. The van der Waals surface area contributed by atoms with Gasteiger partial charge < -0.3 is 10.1 Å². The molecule has 2 aliphatic heterocycles. The molecule has 2 aliphatic rings. The van der Waals surface area contributed by atoms with Crippen molar-refractivity contribution in [3.8, 4) is 0 Å². The maximum Gasteiger partial charge on any atom is 0.0967 e. The lowest BCUT2D eigenvalue weighted by Gasteiger charge is -2.36. The van der Waals surface area contributed by atoms with E-state index in [0.717, 1.165) is 39.0 Å². The zero-order chi connectivity index (χ0) is 9.86. The van der Waals surface area contributed by atoms with Crippen LogP contribution in [0.3, 0.4) is 0 Å². The van der Waals surface area contributed by atoms with Crippen LogP contribution in [-0.4, -0.2) is 31.1 Å². The minimum atomic E-state index is 0.231. The van der Waals surface area contributed by atoms with E-state index in [1.807, 2.05) is 0 Å². The fraction of sp³-hybridized carbons (Fsp3) is 0.909. The van der Waals surface area contributed by atoms with Crippen molar-refractivity contribution in [1.82, 2.24) is 5.32 Å². The summed E-state index contributed by atoms with van der Waals surface area (Å²) in [5, 5.41) is 3.60. The van der Waals surface area contributed by atoms with Gasteiger partial charge in [0.25, 0.3) is 0 Å². The van der Waals surface area contributed by atoms with Crippen LogP contribution in [0, 0.1) is 0 Å². The molecule has 3 nitrogen and oxygen atoms in total. The van der Waals surface area contributed by atoms with Crippen LogP contribution in [0.15, 0.2) is 4.99 Å². The number of aliphatic imine (C=N–C) groups is 1. The Morgan fingerprint density at radius 2 is 2.07 bits per heavy atom. The predicted octanol–water partition coefficient (Wildman–Crippen LogP) is 1.73. The van der Waals surface area contributed by atoms with Crippen molar-refractivity contribution in [3.63, 3.8) is 0 Å². The molecule has 0 aromatic carbocycles. The summed E-state index contributed by atoms with van der Waals surface area (Å²) < 4.78 is 5.37. The third kappa shape index (κ3) is 2.47. The lowest BCUT2D eigenvalue weighted by Crippen LogP contribution is -2.50. The van der Waals surface area contributed by atoms with Gasteiger partial charge in [0, 0.05) is 31.7 Å². The number of hydrogen-bond donors (Lipinski definition) is 1. The quantitative estimate of drug-likeness (QED) is 0.693. The van der Waals surface area contributed by atoms with Gasteiger partial charge >= 0.3 is 0 Å². The van der Waals surface area contributed by atoms with Gasteiger partial charge in [-0.15, -0.1) is 0 Å². The van der Waals surface area contributed by atoms with Gasteiger partial charge in [-0.2, -0.15) is 0 Å². The topological polar surface area (TPSA) is 33.6 Å². The van der Waals surface area contributed by atoms with Crippen molar-refractivity contribution in [2.45, 2.75) is 44.6 Å². The van der Waals surface area contributed by atoms with Crippen molar-refractivity contribution in [2.24, 2.45) is 4.99 Å². The Morgan fingerprint density at radius 3 is 2.71 bits per heavy atom. The predicted molar refractivity (Wildman–Crippen MR) is 57.7 cm³/mol. The second-order valence-electron chi connectivity index (χ2n) is 4.58. The summed E-state index contributed by atoms with van der Waals surface area (Å²) >= 11 is 0. The average Bonchev–Trinajstić information content (AvgIpc) is 2.19. The number of hydrogen-bond acceptors (Lipinski definition) is 3. The third-order valence-corrected chi connectivity index (χ3v) is 3.17. The van der Waals surface area contributed by atoms with Crippen LogP contribution in [0.1, 0.15) is 39.0 Å². The van der Waals surface area contributed by atoms with Gasteiger partial charge in [0.1, 0.15) is 0 Å². The highest BCUT2D eigenvalue weighted by atomic mass is 16.5. The van der Waals surface area contributed by atoms with Crippen LogP contribution < -0.4 is 5.32 Å². The standard InChI is InChI=1S/C11H20N2O/c1-11(5-8-14-9-6-11)13-10-4-2-3-7-12-10/h2-9H2,1H3,(H,12,13). The maximum atomic E-state index is 5.37. The van der Waals surface area contributed by atoms with Crippen LogP contribution in [0.4, 0.5) is 0 Å². The molecule has 1 N–H and O–H groups in total. The lowest BCUT2D eigenvalue weighted by atomic mass is 9.92. The summed E-state index contributed by atoms with van der Waals surface area (Å²) in [5.41, 5.74) is 0.231. The summed E-state index contributed by atoms with van der Waals surface area (Å²) in [5.74, 6) is 1.22. The molecule has 0 unspecified atom stereocenters. The molecule has 0 spiro atoms. The molecule has 14 heavy (non-hydrogen) atoms. The van der Waals surface area contributed by atoms with E-state index in [0.29, 0.717) is 0 Å². The molecule has 0 amide bonds. The van der Waals surface area contributed by atoms with Crippen molar-refractivity contribution < 1.29 is 4.74 Å². The van der Waals surface area contributed by atoms with Crippen LogP contribution in [0.2, 0.25) is 0 Å². The molecule has 0 radical (unpaired) electrons. The summed E-state index contributed by atoms with van der Waals surface area (Å²) in [6.45, 7) is 5.06. The Balaban J connectivity index is 1.90. The second-order valence-corrected chi connectivity index (χ2v) is 4.58. The first-order valence-corrected chi connectivity index (χ1v) is 5.68. The Hall–Kier alpha value is -0.570. The SMILES string of the molecule is CC1(NC2=NCCCC2)CCOCC1. The van der Waals surface area contributed by atoms with E-state index >= 15 is 0 Å². The smallest absolute Gasteiger partial charge is 0.0967 e. The molecule has 0 aromatic heterocycles. The van der Waals surface area contributed by atoms with E-state index in [-0.39, 0.29) is 5.54 Å².